The van der Waals surface area contributed by atoms with Gasteiger partial charge in [0.05, 0.1) is 5.52 Å². The van der Waals surface area contributed by atoms with Gasteiger partial charge in [0.2, 0.25) is 0 Å². The van der Waals surface area contributed by atoms with Crippen LogP contribution in [0.3, 0.4) is 0 Å². The monoisotopic (exact) mass is 281 g/mol. The molecule has 2 aromatic carbocycles. The first-order valence-corrected chi connectivity index (χ1v) is 6.68. The van der Waals surface area contributed by atoms with Crippen molar-refractivity contribution in [3.63, 3.8) is 0 Å². The molecule has 0 bridgehead atoms. The second-order valence-corrected chi connectivity index (χ2v) is 5.11. The summed E-state index contributed by atoms with van der Waals surface area (Å²) in [5, 5.41) is 1.63. The summed E-state index contributed by atoms with van der Waals surface area (Å²) in [5.74, 6) is -0.00415. The molecule has 3 aromatic rings. The van der Waals surface area contributed by atoms with Crippen LogP contribution in [0.15, 0.2) is 54.7 Å². The highest BCUT2D eigenvalue weighted by Crippen LogP contribution is 2.20. The Balaban J connectivity index is 2.05. The van der Waals surface area contributed by atoms with Crippen molar-refractivity contribution in [2.45, 2.75) is 6.92 Å². The standard InChI is InChI=1S/C17H12ClNO/c1-11-9-13(4-6-15(11)18)17(20)14-5-7-16-12(10-14)3-2-8-19-16/h2-10H,1H3. The van der Waals surface area contributed by atoms with Gasteiger partial charge in [0.15, 0.2) is 5.78 Å². The van der Waals surface area contributed by atoms with E-state index >= 15 is 0 Å². The maximum absolute atomic E-state index is 12.5. The van der Waals surface area contributed by atoms with E-state index in [0.29, 0.717) is 16.1 Å². The Kier molecular flexibility index (Phi) is 3.25. The zero-order valence-electron chi connectivity index (χ0n) is 10.9. The molecule has 0 saturated heterocycles. The number of fused-ring (bicyclic) bond motifs is 1. The second kappa shape index (κ2) is 5.06. The number of halogens is 1. The number of pyridine rings is 1. The molecule has 20 heavy (non-hydrogen) atoms. The first-order chi connectivity index (χ1) is 9.65. The Morgan fingerprint density at radius 3 is 2.60 bits per heavy atom. The average molecular weight is 282 g/mol. The van der Waals surface area contributed by atoms with Gasteiger partial charge < -0.3 is 0 Å². The fourth-order valence-electron chi connectivity index (χ4n) is 2.17. The minimum Gasteiger partial charge on any atom is -0.289 e. The van der Waals surface area contributed by atoms with E-state index in [1.54, 1.807) is 18.3 Å². The summed E-state index contributed by atoms with van der Waals surface area (Å²) in [7, 11) is 0. The molecule has 0 spiro atoms. The van der Waals surface area contributed by atoms with E-state index in [9.17, 15) is 4.79 Å². The predicted molar refractivity (Wildman–Crippen MR) is 81.4 cm³/mol. The maximum atomic E-state index is 12.5. The fraction of sp³-hybridized carbons (Fsp3) is 0.0588. The molecule has 0 N–H and O–H groups in total. The minimum absolute atomic E-state index is 0.00415. The summed E-state index contributed by atoms with van der Waals surface area (Å²) in [5.41, 5.74) is 3.10. The minimum atomic E-state index is -0.00415. The number of hydrogen-bond donors (Lipinski definition) is 0. The first kappa shape index (κ1) is 12.8. The number of carbonyl (C=O) groups excluding carboxylic acids is 1. The van der Waals surface area contributed by atoms with Crippen LogP contribution in [0.1, 0.15) is 21.5 Å². The molecule has 3 rings (SSSR count). The Labute approximate surface area is 122 Å². The average Bonchev–Trinajstić information content (AvgIpc) is 2.49. The molecule has 1 aromatic heterocycles. The topological polar surface area (TPSA) is 30.0 Å². The molecule has 0 unspecified atom stereocenters. The van der Waals surface area contributed by atoms with E-state index in [2.05, 4.69) is 4.98 Å². The Morgan fingerprint density at radius 2 is 1.80 bits per heavy atom. The van der Waals surface area contributed by atoms with Gasteiger partial charge in [-0.05, 0) is 55.0 Å². The number of carbonyl (C=O) groups is 1. The van der Waals surface area contributed by atoms with Gasteiger partial charge >= 0.3 is 0 Å². The first-order valence-electron chi connectivity index (χ1n) is 6.31. The Bertz CT molecular complexity index is 811. The van der Waals surface area contributed by atoms with Crippen LogP contribution in [-0.2, 0) is 0 Å². The lowest BCUT2D eigenvalue weighted by Crippen LogP contribution is -2.01. The van der Waals surface area contributed by atoms with Crippen molar-refractivity contribution in [2.75, 3.05) is 0 Å². The van der Waals surface area contributed by atoms with E-state index in [1.165, 1.54) is 0 Å². The summed E-state index contributed by atoms with van der Waals surface area (Å²) in [4.78, 5) is 16.7. The third-order valence-corrected chi connectivity index (χ3v) is 3.71. The number of aromatic nitrogens is 1. The molecule has 0 aliphatic carbocycles. The highest BCUT2D eigenvalue weighted by Gasteiger charge is 2.10. The molecule has 3 heteroatoms. The zero-order chi connectivity index (χ0) is 14.1. The van der Waals surface area contributed by atoms with E-state index < -0.39 is 0 Å². The van der Waals surface area contributed by atoms with Crippen molar-refractivity contribution in [1.82, 2.24) is 4.98 Å². The van der Waals surface area contributed by atoms with Crippen LogP contribution in [0.4, 0.5) is 0 Å². The summed E-state index contributed by atoms with van der Waals surface area (Å²) >= 11 is 5.99. The number of rotatable bonds is 2. The van der Waals surface area contributed by atoms with Crippen LogP contribution >= 0.6 is 11.6 Å². The SMILES string of the molecule is Cc1cc(C(=O)c2ccc3ncccc3c2)ccc1Cl. The van der Waals surface area contributed by atoms with Gasteiger partial charge in [0.25, 0.3) is 0 Å². The van der Waals surface area contributed by atoms with Crippen molar-refractivity contribution >= 4 is 28.3 Å². The number of hydrogen-bond acceptors (Lipinski definition) is 2. The van der Waals surface area contributed by atoms with Gasteiger partial charge in [-0.25, -0.2) is 0 Å². The lowest BCUT2D eigenvalue weighted by Gasteiger charge is -2.05. The van der Waals surface area contributed by atoms with Crippen molar-refractivity contribution in [3.05, 3.63) is 76.4 Å². The molecule has 0 aliphatic heterocycles. The van der Waals surface area contributed by atoms with Gasteiger partial charge in [-0.1, -0.05) is 17.7 Å². The molecule has 0 aliphatic rings. The van der Waals surface area contributed by atoms with Crippen LogP contribution in [-0.4, -0.2) is 10.8 Å². The van der Waals surface area contributed by atoms with Crippen LogP contribution < -0.4 is 0 Å². The fourth-order valence-corrected chi connectivity index (χ4v) is 2.29. The summed E-state index contributed by atoms with van der Waals surface area (Å²) in [6.07, 6.45) is 1.74. The number of ketones is 1. The lowest BCUT2D eigenvalue weighted by atomic mass is 10.0. The zero-order valence-corrected chi connectivity index (χ0v) is 11.7. The number of nitrogens with zero attached hydrogens (tertiary/aromatic N) is 1. The Hall–Kier alpha value is -2.19. The van der Waals surface area contributed by atoms with Gasteiger partial charge in [0.1, 0.15) is 0 Å². The van der Waals surface area contributed by atoms with Gasteiger partial charge in [-0.15, -0.1) is 0 Å². The molecule has 2 nitrogen and oxygen atoms in total. The maximum Gasteiger partial charge on any atom is 0.193 e. The largest absolute Gasteiger partial charge is 0.289 e. The quantitative estimate of drug-likeness (QED) is 0.651. The molecule has 1 heterocycles. The van der Waals surface area contributed by atoms with Crippen LogP contribution in [0, 0.1) is 6.92 Å². The Morgan fingerprint density at radius 1 is 1.05 bits per heavy atom. The number of aryl methyl sites for hydroxylation is 1. The third-order valence-electron chi connectivity index (χ3n) is 3.29. The lowest BCUT2D eigenvalue weighted by molar-refractivity contribution is 0.103. The van der Waals surface area contributed by atoms with Gasteiger partial charge in [-0.3, -0.25) is 9.78 Å². The van der Waals surface area contributed by atoms with Crippen molar-refractivity contribution in [2.24, 2.45) is 0 Å². The molecule has 0 radical (unpaired) electrons. The van der Waals surface area contributed by atoms with Crippen molar-refractivity contribution < 1.29 is 4.79 Å². The molecule has 98 valence electrons. The van der Waals surface area contributed by atoms with Crippen LogP contribution in [0.2, 0.25) is 5.02 Å². The highest BCUT2D eigenvalue weighted by molar-refractivity contribution is 6.31. The normalized spacial score (nSPS) is 10.7. The summed E-state index contributed by atoms with van der Waals surface area (Å²) in [6, 6.07) is 14.7. The molecular weight excluding hydrogens is 270 g/mol. The second-order valence-electron chi connectivity index (χ2n) is 4.70. The van der Waals surface area contributed by atoms with Crippen molar-refractivity contribution in [1.29, 1.82) is 0 Å². The number of benzene rings is 2. The smallest absolute Gasteiger partial charge is 0.193 e. The summed E-state index contributed by atoms with van der Waals surface area (Å²) in [6.45, 7) is 1.89. The van der Waals surface area contributed by atoms with Crippen LogP contribution in [0.5, 0.6) is 0 Å². The van der Waals surface area contributed by atoms with Gasteiger partial charge in [0, 0.05) is 27.7 Å². The molecular formula is C17H12ClNO. The van der Waals surface area contributed by atoms with Crippen LogP contribution in [0.25, 0.3) is 10.9 Å². The third kappa shape index (κ3) is 2.30. The predicted octanol–water partition coefficient (Wildman–Crippen LogP) is 4.43. The van der Waals surface area contributed by atoms with Crippen molar-refractivity contribution in [3.8, 4) is 0 Å². The molecule has 0 saturated carbocycles. The molecule has 0 fully saturated rings. The van der Waals surface area contributed by atoms with Gasteiger partial charge in [-0.2, -0.15) is 0 Å². The highest BCUT2D eigenvalue weighted by atomic mass is 35.5. The summed E-state index contributed by atoms with van der Waals surface area (Å²) < 4.78 is 0. The van der Waals surface area contributed by atoms with E-state index in [4.69, 9.17) is 11.6 Å². The van der Waals surface area contributed by atoms with E-state index in [1.807, 2.05) is 43.3 Å². The molecule has 0 atom stereocenters. The molecule has 0 amide bonds. The van der Waals surface area contributed by atoms with E-state index in [-0.39, 0.29) is 5.78 Å². The van der Waals surface area contributed by atoms with E-state index in [0.717, 1.165) is 16.5 Å².